The van der Waals surface area contributed by atoms with Crippen molar-refractivity contribution in [2.75, 3.05) is 6.54 Å². The van der Waals surface area contributed by atoms with Gasteiger partial charge in [0.25, 0.3) is 11.8 Å². The number of hydrogen-bond donors (Lipinski definition) is 3. The molecule has 0 aromatic heterocycles. The monoisotopic (exact) mass is 376 g/mol. The van der Waals surface area contributed by atoms with Crippen LogP contribution < -0.4 is 10.9 Å². The minimum absolute atomic E-state index is 0.140. The topological polar surface area (TPSA) is 120 Å². The molecule has 27 heavy (non-hydrogen) atoms. The second-order valence-electron chi connectivity index (χ2n) is 7.12. The average molecular weight is 376 g/mol. The molecule has 3 amide bonds. The van der Waals surface area contributed by atoms with Gasteiger partial charge in [0.1, 0.15) is 5.60 Å². The third-order valence-corrected chi connectivity index (χ3v) is 3.83. The molecule has 1 saturated heterocycles. The van der Waals surface area contributed by atoms with E-state index in [1.54, 1.807) is 25.7 Å². The molecule has 1 aliphatic rings. The van der Waals surface area contributed by atoms with E-state index in [-0.39, 0.29) is 17.2 Å². The number of benzene rings is 1. The lowest BCUT2D eigenvalue weighted by atomic mass is 10.1. The normalized spacial score (nSPS) is 17.0. The van der Waals surface area contributed by atoms with Crippen LogP contribution in [0.25, 0.3) is 0 Å². The van der Waals surface area contributed by atoms with Gasteiger partial charge in [-0.3, -0.25) is 14.8 Å². The van der Waals surface area contributed by atoms with Crippen LogP contribution in [-0.2, 0) is 4.74 Å². The minimum atomic E-state index is -0.716. The molecule has 1 aromatic carbocycles. The largest absolute Gasteiger partial charge is 0.444 e. The van der Waals surface area contributed by atoms with Crippen LogP contribution in [0.15, 0.2) is 29.4 Å². The smallest absolute Gasteiger partial charge is 0.410 e. The second-order valence-corrected chi connectivity index (χ2v) is 7.12. The van der Waals surface area contributed by atoms with Crippen molar-refractivity contribution in [1.29, 1.82) is 0 Å². The van der Waals surface area contributed by atoms with Crippen LogP contribution in [0.2, 0.25) is 0 Å². The average Bonchev–Trinajstić information content (AvgIpc) is 3.08. The number of amides is 3. The van der Waals surface area contributed by atoms with E-state index in [9.17, 15) is 14.4 Å². The lowest BCUT2D eigenvalue weighted by Crippen LogP contribution is -2.40. The SMILES string of the molecule is CC(C)(C)OC(=O)N1CCC[C@H]1/C=N/NC(=O)c1cccc(C(=O)NO)c1. The zero-order valence-electron chi connectivity index (χ0n) is 15.6. The molecular weight excluding hydrogens is 352 g/mol. The van der Waals surface area contributed by atoms with Crippen molar-refractivity contribution < 1.29 is 24.3 Å². The third-order valence-electron chi connectivity index (χ3n) is 3.83. The Hall–Kier alpha value is -2.94. The Morgan fingerprint density at radius 3 is 2.56 bits per heavy atom. The summed E-state index contributed by atoms with van der Waals surface area (Å²) in [5, 5.41) is 12.6. The number of hydrazone groups is 1. The summed E-state index contributed by atoms with van der Waals surface area (Å²) in [6, 6.07) is 5.57. The maximum Gasteiger partial charge on any atom is 0.410 e. The molecule has 1 aliphatic heterocycles. The number of carbonyl (C=O) groups excluding carboxylic acids is 3. The van der Waals surface area contributed by atoms with Crippen molar-refractivity contribution in [1.82, 2.24) is 15.8 Å². The molecule has 0 spiro atoms. The van der Waals surface area contributed by atoms with E-state index >= 15 is 0 Å². The Morgan fingerprint density at radius 2 is 1.93 bits per heavy atom. The Morgan fingerprint density at radius 1 is 1.26 bits per heavy atom. The molecule has 146 valence electrons. The van der Waals surface area contributed by atoms with Gasteiger partial charge in [0.15, 0.2) is 0 Å². The summed E-state index contributed by atoms with van der Waals surface area (Å²) in [7, 11) is 0. The number of likely N-dealkylation sites (tertiary alicyclic amines) is 1. The van der Waals surface area contributed by atoms with E-state index < -0.39 is 23.5 Å². The van der Waals surface area contributed by atoms with Crippen LogP contribution in [0.1, 0.15) is 54.3 Å². The molecule has 0 bridgehead atoms. The van der Waals surface area contributed by atoms with Crippen molar-refractivity contribution in [3.63, 3.8) is 0 Å². The second kappa shape index (κ2) is 8.63. The fraction of sp³-hybridized carbons (Fsp3) is 0.444. The number of nitrogens with one attached hydrogen (secondary N) is 2. The van der Waals surface area contributed by atoms with Gasteiger partial charge in [-0.1, -0.05) is 6.07 Å². The summed E-state index contributed by atoms with van der Waals surface area (Å²) in [6.07, 6.45) is 2.64. The van der Waals surface area contributed by atoms with Crippen LogP contribution in [-0.4, -0.2) is 52.4 Å². The zero-order valence-corrected chi connectivity index (χ0v) is 15.6. The quantitative estimate of drug-likeness (QED) is 0.421. The van der Waals surface area contributed by atoms with Gasteiger partial charge >= 0.3 is 6.09 Å². The van der Waals surface area contributed by atoms with Crippen molar-refractivity contribution in [2.24, 2.45) is 5.10 Å². The first-order valence-electron chi connectivity index (χ1n) is 8.59. The fourth-order valence-corrected chi connectivity index (χ4v) is 2.61. The molecular formula is C18H24N4O5. The lowest BCUT2D eigenvalue weighted by Gasteiger charge is -2.26. The van der Waals surface area contributed by atoms with Gasteiger partial charge in [0, 0.05) is 23.9 Å². The van der Waals surface area contributed by atoms with E-state index in [0.717, 1.165) is 12.8 Å². The molecule has 1 heterocycles. The van der Waals surface area contributed by atoms with Gasteiger partial charge in [0.2, 0.25) is 0 Å². The lowest BCUT2D eigenvalue weighted by molar-refractivity contribution is 0.0268. The van der Waals surface area contributed by atoms with Gasteiger partial charge in [-0.2, -0.15) is 5.10 Å². The van der Waals surface area contributed by atoms with E-state index in [4.69, 9.17) is 9.94 Å². The van der Waals surface area contributed by atoms with Crippen molar-refractivity contribution in [2.45, 2.75) is 45.3 Å². The van der Waals surface area contributed by atoms with Gasteiger partial charge in [0.05, 0.1) is 6.04 Å². The molecule has 1 aromatic rings. The number of hydroxylamine groups is 1. The van der Waals surface area contributed by atoms with Crippen LogP contribution in [0.5, 0.6) is 0 Å². The molecule has 1 fully saturated rings. The number of rotatable bonds is 4. The van der Waals surface area contributed by atoms with E-state index in [1.807, 2.05) is 0 Å². The highest BCUT2D eigenvalue weighted by molar-refractivity contribution is 5.99. The van der Waals surface area contributed by atoms with E-state index in [0.29, 0.717) is 6.54 Å². The molecule has 9 heteroatoms. The number of hydrogen-bond acceptors (Lipinski definition) is 6. The standard InChI is InChI=1S/C18H24N4O5/c1-18(2,3)27-17(25)22-9-5-8-14(22)11-19-20-15(23)12-6-4-7-13(10-12)16(24)21-26/h4,6-7,10-11,14,26H,5,8-9H2,1-3H3,(H,20,23)(H,21,24)/b19-11+/t14-/m0/s1. The molecule has 0 aliphatic carbocycles. The first kappa shape index (κ1) is 20.4. The number of carbonyl (C=O) groups is 3. The Kier molecular flexibility index (Phi) is 6.51. The maximum absolute atomic E-state index is 12.2. The highest BCUT2D eigenvalue weighted by Gasteiger charge is 2.31. The minimum Gasteiger partial charge on any atom is -0.444 e. The highest BCUT2D eigenvalue weighted by atomic mass is 16.6. The van der Waals surface area contributed by atoms with Crippen LogP contribution >= 0.6 is 0 Å². The number of ether oxygens (including phenoxy) is 1. The molecule has 3 N–H and O–H groups in total. The Labute approximate surface area is 157 Å². The Bertz CT molecular complexity index is 742. The van der Waals surface area contributed by atoms with Crippen LogP contribution in [0.4, 0.5) is 4.79 Å². The Balaban J connectivity index is 1.97. The molecule has 0 saturated carbocycles. The summed E-state index contributed by atoms with van der Waals surface area (Å²) in [5.41, 5.74) is 3.65. The van der Waals surface area contributed by atoms with Crippen LogP contribution in [0, 0.1) is 0 Å². The van der Waals surface area contributed by atoms with E-state index in [1.165, 1.54) is 36.0 Å². The van der Waals surface area contributed by atoms with Gasteiger partial charge in [-0.05, 0) is 51.8 Å². The van der Waals surface area contributed by atoms with Crippen molar-refractivity contribution >= 4 is 24.1 Å². The first-order valence-corrected chi connectivity index (χ1v) is 8.59. The summed E-state index contributed by atoms with van der Waals surface area (Å²) in [6.45, 7) is 5.97. The molecule has 9 nitrogen and oxygen atoms in total. The van der Waals surface area contributed by atoms with E-state index in [2.05, 4.69) is 10.5 Å². The van der Waals surface area contributed by atoms with Crippen molar-refractivity contribution in [3.8, 4) is 0 Å². The number of nitrogens with zero attached hydrogens (tertiary/aromatic N) is 2. The first-order chi connectivity index (χ1) is 12.7. The summed E-state index contributed by atoms with van der Waals surface area (Å²) in [4.78, 5) is 37.4. The molecule has 0 radical (unpaired) electrons. The molecule has 2 rings (SSSR count). The summed E-state index contributed by atoms with van der Waals surface area (Å²) < 4.78 is 5.37. The predicted octanol–water partition coefficient (Wildman–Crippen LogP) is 1.92. The van der Waals surface area contributed by atoms with Crippen LogP contribution in [0.3, 0.4) is 0 Å². The summed E-state index contributed by atoms with van der Waals surface area (Å²) in [5.74, 6) is -1.23. The molecule has 1 atom stereocenters. The maximum atomic E-state index is 12.2. The summed E-state index contributed by atoms with van der Waals surface area (Å²) >= 11 is 0. The van der Waals surface area contributed by atoms with Gasteiger partial charge in [-0.25, -0.2) is 15.7 Å². The van der Waals surface area contributed by atoms with Crippen molar-refractivity contribution in [3.05, 3.63) is 35.4 Å². The van der Waals surface area contributed by atoms with Gasteiger partial charge in [-0.15, -0.1) is 0 Å². The third kappa shape index (κ3) is 5.78. The predicted molar refractivity (Wildman–Crippen MR) is 97.6 cm³/mol. The highest BCUT2D eigenvalue weighted by Crippen LogP contribution is 2.19. The van der Waals surface area contributed by atoms with Gasteiger partial charge < -0.3 is 9.64 Å². The zero-order chi connectivity index (χ0) is 20.0. The fourth-order valence-electron chi connectivity index (χ4n) is 2.61. The molecule has 0 unspecified atom stereocenters.